The van der Waals surface area contributed by atoms with Crippen molar-refractivity contribution in [2.45, 2.75) is 26.3 Å². The Bertz CT molecular complexity index is 975. The van der Waals surface area contributed by atoms with E-state index in [1.807, 2.05) is 31.3 Å². The molecule has 1 aliphatic heterocycles. The molecule has 1 N–H and O–H groups in total. The van der Waals surface area contributed by atoms with Gasteiger partial charge in [-0.05, 0) is 42.7 Å². The van der Waals surface area contributed by atoms with Gasteiger partial charge in [0.1, 0.15) is 18.0 Å². The van der Waals surface area contributed by atoms with Gasteiger partial charge in [-0.2, -0.15) is 0 Å². The summed E-state index contributed by atoms with van der Waals surface area (Å²) in [6.45, 7) is 4.46. The van der Waals surface area contributed by atoms with E-state index in [-0.39, 0.29) is 0 Å². The molecule has 2 aromatic heterocycles. The third kappa shape index (κ3) is 4.21. The zero-order valence-electron chi connectivity index (χ0n) is 15.6. The third-order valence-electron chi connectivity index (χ3n) is 4.91. The van der Waals surface area contributed by atoms with Crippen LogP contribution in [0.15, 0.2) is 42.9 Å². The molecule has 144 valence electrons. The Morgan fingerprint density at radius 2 is 1.96 bits per heavy atom. The van der Waals surface area contributed by atoms with E-state index in [1.165, 1.54) is 0 Å². The normalized spacial score (nSPS) is 13.3. The summed E-state index contributed by atoms with van der Waals surface area (Å²) in [6, 6.07) is 9.90. The van der Waals surface area contributed by atoms with E-state index >= 15 is 0 Å². The first kappa shape index (κ1) is 19.0. The van der Waals surface area contributed by atoms with Crippen LogP contribution >= 0.6 is 23.2 Å². The summed E-state index contributed by atoms with van der Waals surface area (Å²) in [4.78, 5) is 15.8. The highest BCUT2D eigenvalue weighted by atomic mass is 35.5. The Balaban J connectivity index is 1.46. The lowest BCUT2D eigenvalue weighted by Crippen LogP contribution is -2.32. The molecular weight excluding hydrogens is 393 g/mol. The molecule has 0 amide bonds. The van der Waals surface area contributed by atoms with Gasteiger partial charge in [-0.3, -0.25) is 0 Å². The summed E-state index contributed by atoms with van der Waals surface area (Å²) in [5, 5.41) is 4.62. The summed E-state index contributed by atoms with van der Waals surface area (Å²) >= 11 is 12.1. The van der Waals surface area contributed by atoms with Crippen LogP contribution in [0.25, 0.3) is 0 Å². The molecule has 0 radical (unpaired) electrons. The van der Waals surface area contributed by atoms with Crippen molar-refractivity contribution in [1.82, 2.24) is 15.0 Å². The van der Waals surface area contributed by atoms with Gasteiger partial charge in [-0.15, -0.1) is 0 Å². The maximum atomic E-state index is 6.10. The maximum Gasteiger partial charge on any atom is 0.134 e. The standard InChI is InChI=1S/C21H21Cl2N5/c1-14-2-5-20(25-11-14)28-9-7-19-16(12-28)21(27-13-26-19)24-8-6-15-3-4-17(22)18(23)10-15/h2-5,10-11,13H,6-9,12H2,1H3,(H,24,26,27). The van der Waals surface area contributed by atoms with Gasteiger partial charge in [-0.25, -0.2) is 15.0 Å². The van der Waals surface area contributed by atoms with Crippen LogP contribution in [-0.4, -0.2) is 28.0 Å². The van der Waals surface area contributed by atoms with E-state index in [2.05, 4.69) is 37.3 Å². The molecule has 3 heterocycles. The topological polar surface area (TPSA) is 53.9 Å². The minimum atomic E-state index is 0.577. The summed E-state index contributed by atoms with van der Waals surface area (Å²) in [6.07, 6.45) is 5.26. The molecule has 0 bridgehead atoms. The van der Waals surface area contributed by atoms with Crippen molar-refractivity contribution in [2.75, 3.05) is 23.3 Å². The lowest BCUT2D eigenvalue weighted by molar-refractivity contribution is 0.697. The number of aryl methyl sites for hydroxylation is 1. The highest BCUT2D eigenvalue weighted by Gasteiger charge is 2.21. The van der Waals surface area contributed by atoms with Crippen molar-refractivity contribution in [1.29, 1.82) is 0 Å². The molecule has 3 aromatic rings. The van der Waals surface area contributed by atoms with Crippen LogP contribution in [0.3, 0.4) is 0 Å². The Hall–Kier alpha value is -2.37. The molecule has 0 unspecified atom stereocenters. The highest BCUT2D eigenvalue weighted by Crippen LogP contribution is 2.26. The van der Waals surface area contributed by atoms with E-state index in [9.17, 15) is 0 Å². The lowest BCUT2D eigenvalue weighted by atomic mass is 10.1. The van der Waals surface area contributed by atoms with Crippen LogP contribution < -0.4 is 10.2 Å². The van der Waals surface area contributed by atoms with Crippen LogP contribution in [0.2, 0.25) is 10.0 Å². The summed E-state index contributed by atoms with van der Waals surface area (Å²) in [5.41, 5.74) is 4.55. The quantitative estimate of drug-likeness (QED) is 0.656. The predicted octanol–water partition coefficient (Wildman–Crippen LogP) is 4.70. The van der Waals surface area contributed by atoms with Crippen molar-refractivity contribution >= 4 is 34.8 Å². The zero-order chi connectivity index (χ0) is 19.5. The fraction of sp³-hybridized carbons (Fsp3) is 0.286. The smallest absolute Gasteiger partial charge is 0.134 e. The number of halogens is 2. The SMILES string of the molecule is Cc1ccc(N2CCc3ncnc(NCCc4ccc(Cl)c(Cl)c4)c3C2)nc1. The van der Waals surface area contributed by atoms with E-state index in [0.717, 1.165) is 66.5 Å². The van der Waals surface area contributed by atoms with E-state index in [1.54, 1.807) is 6.33 Å². The Morgan fingerprint density at radius 1 is 1.07 bits per heavy atom. The van der Waals surface area contributed by atoms with E-state index in [4.69, 9.17) is 23.2 Å². The minimum absolute atomic E-state index is 0.577. The molecule has 0 saturated carbocycles. The second-order valence-corrected chi connectivity index (χ2v) is 7.75. The van der Waals surface area contributed by atoms with Gasteiger partial charge in [0.15, 0.2) is 0 Å². The van der Waals surface area contributed by atoms with Gasteiger partial charge in [0.25, 0.3) is 0 Å². The fourth-order valence-electron chi connectivity index (χ4n) is 3.36. The number of nitrogens with one attached hydrogen (secondary N) is 1. The molecule has 0 fully saturated rings. The molecule has 0 spiro atoms. The number of rotatable bonds is 5. The minimum Gasteiger partial charge on any atom is -0.369 e. The van der Waals surface area contributed by atoms with Gasteiger partial charge in [-0.1, -0.05) is 35.3 Å². The number of benzene rings is 1. The van der Waals surface area contributed by atoms with Gasteiger partial charge in [0.05, 0.1) is 15.7 Å². The monoisotopic (exact) mass is 413 g/mol. The molecular formula is C21H21Cl2N5. The number of hydrogen-bond donors (Lipinski definition) is 1. The van der Waals surface area contributed by atoms with Crippen molar-refractivity contribution in [3.05, 3.63) is 75.3 Å². The number of nitrogens with zero attached hydrogens (tertiary/aromatic N) is 4. The van der Waals surface area contributed by atoms with Crippen molar-refractivity contribution in [3.8, 4) is 0 Å². The van der Waals surface area contributed by atoms with Gasteiger partial charge in [0.2, 0.25) is 0 Å². The van der Waals surface area contributed by atoms with Crippen LogP contribution in [0.5, 0.6) is 0 Å². The van der Waals surface area contributed by atoms with E-state index < -0.39 is 0 Å². The van der Waals surface area contributed by atoms with Crippen molar-refractivity contribution < 1.29 is 0 Å². The Kier molecular flexibility index (Phi) is 5.64. The van der Waals surface area contributed by atoms with Gasteiger partial charge in [0, 0.05) is 37.8 Å². The lowest BCUT2D eigenvalue weighted by Gasteiger charge is -2.30. The van der Waals surface area contributed by atoms with Crippen molar-refractivity contribution in [2.24, 2.45) is 0 Å². The molecule has 28 heavy (non-hydrogen) atoms. The van der Waals surface area contributed by atoms with E-state index in [0.29, 0.717) is 10.0 Å². The number of aromatic nitrogens is 3. The van der Waals surface area contributed by atoms with Gasteiger partial charge >= 0.3 is 0 Å². The molecule has 7 heteroatoms. The molecule has 0 aliphatic carbocycles. The fourth-order valence-corrected chi connectivity index (χ4v) is 3.68. The molecule has 0 saturated heterocycles. The molecule has 1 aromatic carbocycles. The summed E-state index contributed by atoms with van der Waals surface area (Å²) in [5.74, 6) is 1.88. The Labute approximate surface area is 174 Å². The van der Waals surface area contributed by atoms with Crippen molar-refractivity contribution in [3.63, 3.8) is 0 Å². The molecule has 0 atom stereocenters. The first-order valence-corrected chi connectivity index (χ1v) is 10.0. The first-order valence-electron chi connectivity index (χ1n) is 9.28. The van der Waals surface area contributed by atoms with Crippen LogP contribution in [0.4, 0.5) is 11.6 Å². The predicted molar refractivity (Wildman–Crippen MR) is 114 cm³/mol. The maximum absolute atomic E-state index is 6.10. The van der Waals surface area contributed by atoms with Crippen LogP contribution in [-0.2, 0) is 19.4 Å². The number of hydrogen-bond acceptors (Lipinski definition) is 5. The highest BCUT2D eigenvalue weighted by molar-refractivity contribution is 6.42. The molecule has 4 rings (SSSR count). The second-order valence-electron chi connectivity index (χ2n) is 6.94. The third-order valence-corrected chi connectivity index (χ3v) is 5.65. The second kappa shape index (κ2) is 8.33. The molecule has 1 aliphatic rings. The Morgan fingerprint density at radius 3 is 2.75 bits per heavy atom. The number of anilines is 2. The summed E-state index contributed by atoms with van der Waals surface area (Å²) in [7, 11) is 0. The molecule has 5 nitrogen and oxygen atoms in total. The summed E-state index contributed by atoms with van der Waals surface area (Å²) < 4.78 is 0. The number of fused-ring (bicyclic) bond motifs is 1. The number of pyridine rings is 1. The average Bonchev–Trinajstić information content (AvgIpc) is 2.71. The first-order chi connectivity index (χ1) is 13.6. The van der Waals surface area contributed by atoms with Crippen LogP contribution in [0.1, 0.15) is 22.4 Å². The average molecular weight is 414 g/mol. The van der Waals surface area contributed by atoms with Crippen LogP contribution in [0, 0.1) is 6.92 Å². The largest absolute Gasteiger partial charge is 0.369 e. The van der Waals surface area contributed by atoms with Gasteiger partial charge < -0.3 is 10.2 Å². The zero-order valence-corrected chi connectivity index (χ0v) is 17.1.